The van der Waals surface area contributed by atoms with Crippen LogP contribution < -0.4 is 86.3 Å². The van der Waals surface area contributed by atoms with Crippen LogP contribution >= 0.6 is 11.8 Å². The minimum Gasteiger partial charge on any atom is -0.481 e. The minimum absolute atomic E-state index is 0.00151. The summed E-state index contributed by atoms with van der Waals surface area (Å²) in [4.78, 5) is 241. The van der Waals surface area contributed by atoms with Crippen LogP contribution in [0.5, 0.6) is 0 Å². The first-order chi connectivity index (χ1) is 63.4. The number of benzene rings is 5. The number of hydrogen-bond acceptors (Lipinski definition) is 19. The number of amides is 15. The van der Waals surface area contributed by atoms with Crippen LogP contribution in [0.2, 0.25) is 0 Å². The Morgan fingerprint density at radius 3 is 1.48 bits per heavy atom. The quantitative estimate of drug-likeness (QED) is 0.0211. The number of aromatic amines is 1. The van der Waals surface area contributed by atoms with Gasteiger partial charge in [0.05, 0.1) is 25.3 Å². The molecule has 714 valence electrons. The number of carbonyl (C=O) groups is 16. The number of carboxylic acid groups (broad SMARTS) is 1. The van der Waals surface area contributed by atoms with E-state index in [4.69, 9.17) is 28.0 Å². The third-order valence-corrected chi connectivity index (χ3v) is 24.2. The lowest BCUT2D eigenvalue weighted by atomic mass is 9.98. The van der Waals surface area contributed by atoms with E-state index in [-0.39, 0.29) is 115 Å². The van der Waals surface area contributed by atoms with Crippen molar-refractivity contribution >= 4 is 129 Å². The fourth-order valence-corrected chi connectivity index (χ4v) is 17.0. The highest BCUT2D eigenvalue weighted by molar-refractivity contribution is 8.00. The van der Waals surface area contributed by atoms with Crippen molar-refractivity contribution in [3.8, 4) is 22.3 Å². The number of likely N-dealkylation sites (N-methyl/N-ethyl adjacent to an activating group) is 1. The van der Waals surface area contributed by atoms with Gasteiger partial charge in [0.25, 0.3) is 0 Å². The van der Waals surface area contributed by atoms with E-state index in [0.717, 1.165) is 38.9 Å². The van der Waals surface area contributed by atoms with Crippen molar-refractivity contribution in [2.45, 2.75) is 198 Å². The van der Waals surface area contributed by atoms with Crippen molar-refractivity contribution in [3.05, 3.63) is 156 Å². The molecule has 3 saturated heterocycles. The van der Waals surface area contributed by atoms with Gasteiger partial charge in [-0.3, -0.25) is 87.5 Å². The minimum atomic E-state index is -1.91. The van der Waals surface area contributed by atoms with Crippen molar-refractivity contribution in [1.29, 1.82) is 10.8 Å². The molecule has 4 heterocycles. The molecule has 133 heavy (non-hydrogen) atoms. The highest BCUT2D eigenvalue weighted by atomic mass is 32.2. The Kier molecular flexibility index (Phi) is 38.6. The monoisotopic (exact) mass is 1850 g/mol. The zero-order valence-electron chi connectivity index (χ0n) is 75.7. The second-order valence-corrected chi connectivity index (χ2v) is 35.7. The van der Waals surface area contributed by atoms with Gasteiger partial charge >= 0.3 is 5.97 Å². The average molecular weight is 1850 g/mol. The summed E-state index contributed by atoms with van der Waals surface area (Å²) in [6, 6.07) is 22.5. The van der Waals surface area contributed by atoms with Crippen LogP contribution in [0.3, 0.4) is 0 Å². The molecule has 0 saturated carbocycles. The van der Waals surface area contributed by atoms with E-state index >= 15 is 19.2 Å². The summed E-state index contributed by atoms with van der Waals surface area (Å²) in [7, 11) is 1.31. The number of primary amides is 1. The topological polar surface area (TPSA) is 601 Å². The molecule has 39 nitrogen and oxygen atoms in total. The fourth-order valence-electron chi connectivity index (χ4n) is 16.1. The molecule has 0 aliphatic carbocycles. The number of rotatable bonds is 25. The smallest absolute Gasteiger partial charge is 0.305 e. The summed E-state index contributed by atoms with van der Waals surface area (Å²) < 4.78 is 0. The second-order valence-electron chi connectivity index (χ2n) is 34.6. The second kappa shape index (κ2) is 49.9. The third-order valence-electron chi connectivity index (χ3n) is 23.1. The van der Waals surface area contributed by atoms with Gasteiger partial charge in [-0.25, -0.2) is 0 Å². The Labute approximate surface area is 775 Å². The molecule has 6 aromatic rings. The normalized spacial score (nSPS) is 22.8. The van der Waals surface area contributed by atoms with Gasteiger partial charge in [-0.15, -0.1) is 11.8 Å². The van der Waals surface area contributed by atoms with Gasteiger partial charge in [-0.1, -0.05) is 169 Å². The first-order valence-electron chi connectivity index (χ1n) is 44.6. The fraction of sp³-hybridized carbons (Fsp3) is 0.462. The number of nitrogens with one attached hydrogen (secondary N) is 16. The van der Waals surface area contributed by atoms with Gasteiger partial charge in [-0.2, -0.15) is 0 Å². The Bertz CT molecular complexity index is 5140. The van der Waals surface area contributed by atoms with Gasteiger partial charge in [-0.05, 0) is 121 Å². The lowest BCUT2D eigenvalue weighted by Crippen LogP contribution is -2.61. The van der Waals surface area contributed by atoms with Crippen molar-refractivity contribution < 1.29 is 81.8 Å². The number of H-pyrrole nitrogens is 1. The van der Waals surface area contributed by atoms with Crippen molar-refractivity contribution in [1.82, 2.24) is 88.8 Å². The van der Waals surface area contributed by atoms with Crippen molar-refractivity contribution in [3.63, 3.8) is 0 Å². The van der Waals surface area contributed by atoms with E-state index < -0.39 is 216 Å². The van der Waals surface area contributed by atoms with E-state index in [1.807, 2.05) is 84.9 Å². The predicted molar refractivity (Wildman–Crippen MR) is 499 cm³/mol. The van der Waals surface area contributed by atoms with Gasteiger partial charge in [0.2, 0.25) is 88.6 Å². The van der Waals surface area contributed by atoms with Gasteiger partial charge < -0.3 is 111 Å². The van der Waals surface area contributed by atoms with E-state index in [2.05, 4.69) is 74.1 Å². The number of fused-ring (bicyclic) bond motifs is 3. The Morgan fingerprint density at radius 2 is 0.932 bits per heavy atom. The largest absolute Gasteiger partial charge is 0.481 e. The molecule has 1 aromatic heterocycles. The van der Waals surface area contributed by atoms with Gasteiger partial charge in [0.1, 0.15) is 72.5 Å². The van der Waals surface area contributed by atoms with Crippen LogP contribution in [0, 0.1) is 28.6 Å². The van der Waals surface area contributed by atoms with E-state index in [1.54, 1.807) is 96.3 Å². The summed E-state index contributed by atoms with van der Waals surface area (Å²) in [5, 5.41) is 61.4. The number of carbonyl (C=O) groups excluding carboxylic acids is 15. The third kappa shape index (κ3) is 30.8. The molecule has 15 amide bonds. The molecule has 0 spiro atoms. The van der Waals surface area contributed by atoms with E-state index in [9.17, 15) is 62.6 Å². The van der Waals surface area contributed by atoms with Gasteiger partial charge in [0.15, 0.2) is 11.9 Å². The number of carboxylic acids is 1. The summed E-state index contributed by atoms with van der Waals surface area (Å²) in [6.07, 6.45) is 0.218. The van der Waals surface area contributed by atoms with Crippen molar-refractivity contribution in [2.75, 3.05) is 57.8 Å². The predicted octanol–water partition coefficient (Wildman–Crippen LogP) is 0.526. The Morgan fingerprint density at radius 1 is 0.481 bits per heavy atom. The molecule has 40 heteroatoms. The maximum Gasteiger partial charge on any atom is 0.305 e. The highest BCUT2D eigenvalue weighted by Crippen LogP contribution is 2.27. The number of nitrogens with two attached hydrogens (primary N) is 3. The molecule has 3 fully saturated rings. The van der Waals surface area contributed by atoms with Crippen LogP contribution in [0.1, 0.15) is 122 Å². The van der Waals surface area contributed by atoms with Gasteiger partial charge in [0, 0.05) is 75.3 Å². The van der Waals surface area contributed by atoms with Crippen molar-refractivity contribution in [2.24, 2.45) is 35.0 Å². The first kappa shape index (κ1) is 103. The Hall–Kier alpha value is -14.0. The molecule has 5 aromatic carbocycles. The maximum absolute atomic E-state index is 15.7. The SMILES string of the molecule is CC(C)C[C@@H]1NC(=O)[C@H](CCCNC(=N)N)NC(=O)[C@H](C(C)C)NC(=O)[C@@H]2CCCN2C(=O)[C@H](C(C)C)NC(=O)[C@H](CCCNC(=N)N)NC(=O)[C@H](CC(=O)O)NC(=O)[C@@H]2CCCN2C(=O)CN(C)C(=O)[C@H](Cc2ccc(-c3ccccc3)cc2)NC(=O)[C@H](Cc2ccc(-c3ccccc3)cc2)NC(=O)[C@H](Cc2c[nH]c3ccccc23)NC(=O)CSC[C@@H](C(=O)NCC(N)=O)NC1=O. The molecule has 3 aliphatic rings. The number of aliphatic carboxylic acids is 1. The number of para-hydroxylation sites is 1. The number of aromatic nitrogens is 1. The lowest BCUT2D eigenvalue weighted by molar-refractivity contribution is -0.145. The molecule has 0 radical (unpaired) electrons. The maximum atomic E-state index is 15.7. The van der Waals surface area contributed by atoms with Crippen LogP contribution in [0.25, 0.3) is 33.2 Å². The molecule has 3 aliphatic heterocycles. The zero-order chi connectivity index (χ0) is 96.7. The number of hydrogen-bond donors (Lipinski definition) is 20. The summed E-state index contributed by atoms with van der Waals surface area (Å²) >= 11 is 0.826. The number of nitrogens with zero attached hydrogens (tertiary/aromatic N) is 3. The van der Waals surface area contributed by atoms with Crippen LogP contribution in [0.15, 0.2) is 140 Å². The van der Waals surface area contributed by atoms with E-state index in [1.165, 1.54) is 16.8 Å². The molecule has 0 unspecified atom stereocenters. The average Bonchev–Trinajstić information content (AvgIpc) is 1.80. The molecule has 12 atom stereocenters. The molecular weight excluding hydrogens is 1730 g/mol. The number of thioether (sulfide) groups is 1. The lowest BCUT2D eigenvalue weighted by Gasteiger charge is -2.33. The number of guanidine groups is 2. The Balaban J connectivity index is 1.10. The molecule has 23 N–H and O–H groups in total. The zero-order valence-corrected chi connectivity index (χ0v) is 76.6. The van der Waals surface area contributed by atoms with Crippen LogP contribution in [-0.2, 0) is 96.0 Å². The van der Waals surface area contributed by atoms with E-state index in [0.29, 0.717) is 27.6 Å². The summed E-state index contributed by atoms with van der Waals surface area (Å²) in [5.74, 6) is -18.4. The molecule has 9 rings (SSSR count). The highest BCUT2D eigenvalue weighted by Gasteiger charge is 2.44. The standard InChI is InChI=1S/C93H124N22O17S/c1-52(2)42-66-83(124)110-71(80(121)102-48-74(94)116)50-133-51-75(117)103-68(45-61-47-101-63-25-15-14-24-62(61)63)85(126)107-67(43-55-30-34-59(35-31-55)57-20-10-8-11-21-57)84(125)109-70(44-56-32-36-60(37-33-56)58-22-12-9-13-23-58)90(131)113(7)49-76(118)114-40-18-28-72(114)87(128)108-69(46-77(119)120)86(127)104-65(27-17-39-100-93(97)98)82(123)112-79(54(5)6)91(132)115-41-19-29-73(115)88(129)111-78(53(3)4)89(130)105-64(81(122)106-66)26-16-38-99-92(95)96/h8-15,20-25,30-37,47,52-54,64-73,78-79,101H,16-19,26-29,38-46,48-51H2,1-7H3,(H2,94,116)(H,102,121)(H,103,117)(H,104,127)(H,105,130)(H,106,122)(H,107,126)(H,108,128)(H,109,125)(H,110,124)(H,111,129)(H,112,123)(H,119,120)(H4,95,96,99)(H4,97,98,100)/t64-,65-,66-,67-,68-,69-,70-,71-,72-,73-,78-,79-/m0/s1. The molecule has 0 bridgehead atoms. The first-order valence-corrected chi connectivity index (χ1v) is 45.8. The summed E-state index contributed by atoms with van der Waals surface area (Å²) in [6.45, 7) is 8.50. The van der Waals surface area contributed by atoms with Crippen LogP contribution in [0.4, 0.5) is 0 Å². The van der Waals surface area contributed by atoms with Crippen LogP contribution in [-0.4, -0.2) is 262 Å². The summed E-state index contributed by atoms with van der Waals surface area (Å²) in [5.41, 5.74) is 22.4. The molecular formula is C93H124N22O17S.